The minimum atomic E-state index is 0.220. The van der Waals surface area contributed by atoms with Crippen molar-refractivity contribution in [2.24, 2.45) is 0 Å². The van der Waals surface area contributed by atoms with Gasteiger partial charge in [-0.05, 0) is 61.4 Å². The van der Waals surface area contributed by atoms with E-state index < -0.39 is 0 Å². The molecule has 4 heteroatoms. The summed E-state index contributed by atoms with van der Waals surface area (Å²) in [5.41, 5.74) is 4.96. The number of aromatic nitrogens is 1. The summed E-state index contributed by atoms with van der Waals surface area (Å²) in [6.45, 7) is 3.09. The lowest BCUT2D eigenvalue weighted by Gasteiger charge is -2.25. The Morgan fingerprint density at radius 3 is 2.89 bits per heavy atom. The molecule has 1 fully saturated rings. The van der Waals surface area contributed by atoms with E-state index in [1.165, 1.54) is 22.2 Å². The lowest BCUT2D eigenvalue weighted by Crippen LogP contribution is -2.36. The van der Waals surface area contributed by atoms with Crippen LogP contribution in [0.1, 0.15) is 43.0 Å². The Morgan fingerprint density at radius 1 is 1.21 bits per heavy atom. The van der Waals surface area contributed by atoms with Gasteiger partial charge in [-0.2, -0.15) is 0 Å². The maximum absolute atomic E-state index is 12.9. The second kappa shape index (κ2) is 8.40. The van der Waals surface area contributed by atoms with Gasteiger partial charge in [0.1, 0.15) is 0 Å². The normalized spacial score (nSPS) is 16.8. The number of likely N-dealkylation sites (tertiary alicyclic amines) is 1. The number of rotatable bonds is 6. The second-order valence-electron chi connectivity index (χ2n) is 7.71. The smallest absolute Gasteiger partial charge is 0.227 e. The molecule has 2 aromatic carbocycles. The summed E-state index contributed by atoms with van der Waals surface area (Å²) in [5, 5.41) is 2.02. The number of amides is 1. The van der Waals surface area contributed by atoms with E-state index >= 15 is 0 Å². The SMILES string of the molecule is CCc1c(CC[C@@H]2CCCN2C(=O)Cc2cccc(Cl)c2)[nH]c2ccccc12. The Kier molecular flexibility index (Phi) is 5.72. The van der Waals surface area contributed by atoms with E-state index in [0.29, 0.717) is 17.5 Å². The quantitative estimate of drug-likeness (QED) is 0.584. The van der Waals surface area contributed by atoms with Crippen LogP contribution in [0.15, 0.2) is 48.5 Å². The summed E-state index contributed by atoms with van der Waals surface area (Å²) in [6, 6.07) is 16.5. The maximum Gasteiger partial charge on any atom is 0.227 e. The van der Waals surface area contributed by atoms with Crippen molar-refractivity contribution in [3.63, 3.8) is 0 Å². The number of halogens is 1. The fraction of sp³-hybridized carbons (Fsp3) is 0.375. The van der Waals surface area contributed by atoms with Gasteiger partial charge in [0.25, 0.3) is 0 Å². The van der Waals surface area contributed by atoms with E-state index in [4.69, 9.17) is 11.6 Å². The van der Waals surface area contributed by atoms with Crippen LogP contribution >= 0.6 is 11.6 Å². The van der Waals surface area contributed by atoms with E-state index in [9.17, 15) is 4.79 Å². The van der Waals surface area contributed by atoms with Crippen molar-refractivity contribution < 1.29 is 4.79 Å². The zero-order chi connectivity index (χ0) is 19.5. The van der Waals surface area contributed by atoms with Gasteiger partial charge in [0.2, 0.25) is 5.91 Å². The molecular weight excluding hydrogens is 368 g/mol. The molecular formula is C24H27ClN2O. The van der Waals surface area contributed by atoms with Crippen LogP contribution in [0.5, 0.6) is 0 Å². The summed E-state index contributed by atoms with van der Waals surface area (Å²) in [7, 11) is 0. The number of carbonyl (C=O) groups is 1. The number of nitrogens with zero attached hydrogens (tertiary/aromatic N) is 1. The first-order valence-corrected chi connectivity index (χ1v) is 10.7. The third-order valence-corrected chi connectivity index (χ3v) is 6.16. The molecule has 0 spiro atoms. The molecule has 2 heterocycles. The monoisotopic (exact) mass is 394 g/mol. The molecule has 1 aromatic heterocycles. The molecule has 1 N–H and O–H groups in total. The van der Waals surface area contributed by atoms with Crippen LogP contribution in [-0.2, 0) is 24.1 Å². The number of hydrogen-bond donors (Lipinski definition) is 1. The third kappa shape index (κ3) is 3.95. The molecule has 1 atom stereocenters. The highest BCUT2D eigenvalue weighted by molar-refractivity contribution is 6.30. The number of carbonyl (C=O) groups excluding carboxylic acids is 1. The molecule has 0 saturated carbocycles. The molecule has 0 unspecified atom stereocenters. The van der Waals surface area contributed by atoms with E-state index in [-0.39, 0.29) is 5.91 Å². The minimum absolute atomic E-state index is 0.220. The number of para-hydroxylation sites is 1. The number of H-pyrrole nitrogens is 1. The first-order chi connectivity index (χ1) is 13.7. The molecule has 3 aromatic rings. The Labute approximate surface area is 171 Å². The van der Waals surface area contributed by atoms with Gasteiger partial charge in [0, 0.05) is 34.2 Å². The Balaban J connectivity index is 1.44. The highest BCUT2D eigenvalue weighted by atomic mass is 35.5. The first-order valence-electron chi connectivity index (χ1n) is 10.3. The summed E-state index contributed by atoms with van der Waals surface area (Å²) in [5.74, 6) is 0.220. The molecule has 1 amide bonds. The van der Waals surface area contributed by atoms with Crippen LogP contribution in [0.2, 0.25) is 5.02 Å². The van der Waals surface area contributed by atoms with Crippen molar-refractivity contribution in [3.05, 3.63) is 70.4 Å². The van der Waals surface area contributed by atoms with Gasteiger partial charge < -0.3 is 9.88 Å². The number of fused-ring (bicyclic) bond motifs is 1. The fourth-order valence-electron chi connectivity index (χ4n) is 4.57. The van der Waals surface area contributed by atoms with Crippen molar-refractivity contribution in [2.75, 3.05) is 6.54 Å². The summed E-state index contributed by atoms with van der Waals surface area (Å²) in [4.78, 5) is 18.6. The predicted octanol–water partition coefficient (Wildman–Crippen LogP) is 5.55. The van der Waals surface area contributed by atoms with Gasteiger partial charge in [-0.25, -0.2) is 0 Å². The summed E-state index contributed by atoms with van der Waals surface area (Å²) >= 11 is 6.07. The topological polar surface area (TPSA) is 36.1 Å². The third-order valence-electron chi connectivity index (χ3n) is 5.92. The molecule has 1 aliphatic heterocycles. The Hall–Kier alpha value is -2.26. The van der Waals surface area contributed by atoms with E-state index in [2.05, 4.69) is 41.1 Å². The van der Waals surface area contributed by atoms with E-state index in [1.807, 2.05) is 24.3 Å². The van der Waals surface area contributed by atoms with Crippen molar-refractivity contribution >= 4 is 28.4 Å². The van der Waals surface area contributed by atoms with Gasteiger partial charge >= 0.3 is 0 Å². The van der Waals surface area contributed by atoms with Crippen LogP contribution in [0, 0.1) is 0 Å². The largest absolute Gasteiger partial charge is 0.358 e. The van der Waals surface area contributed by atoms with Gasteiger partial charge in [-0.3, -0.25) is 4.79 Å². The predicted molar refractivity (Wildman–Crippen MR) is 116 cm³/mol. The second-order valence-corrected chi connectivity index (χ2v) is 8.15. The van der Waals surface area contributed by atoms with Crippen molar-refractivity contribution in [2.45, 2.75) is 51.5 Å². The molecule has 28 heavy (non-hydrogen) atoms. The lowest BCUT2D eigenvalue weighted by atomic mass is 10.0. The molecule has 146 valence electrons. The average Bonchev–Trinajstić information content (AvgIpc) is 3.30. The van der Waals surface area contributed by atoms with Crippen LogP contribution in [-0.4, -0.2) is 28.4 Å². The molecule has 0 bridgehead atoms. The standard InChI is InChI=1S/C24H27ClN2O/c1-2-20-21-10-3-4-11-22(21)26-23(20)13-12-19-9-6-14-27(19)24(28)16-17-7-5-8-18(25)15-17/h3-5,7-8,10-11,15,19,26H,2,6,9,12-14,16H2,1H3/t19-/m0/s1. The van der Waals surface area contributed by atoms with Crippen LogP contribution < -0.4 is 0 Å². The molecule has 3 nitrogen and oxygen atoms in total. The molecule has 4 rings (SSSR count). The zero-order valence-electron chi connectivity index (χ0n) is 16.4. The Morgan fingerprint density at radius 2 is 2.07 bits per heavy atom. The number of benzene rings is 2. The summed E-state index contributed by atoms with van der Waals surface area (Å²) < 4.78 is 0. The molecule has 0 radical (unpaired) electrons. The Bertz CT molecular complexity index is 978. The van der Waals surface area contributed by atoms with Gasteiger partial charge in [-0.1, -0.05) is 48.9 Å². The van der Waals surface area contributed by atoms with Gasteiger partial charge in [0.05, 0.1) is 6.42 Å². The fourth-order valence-corrected chi connectivity index (χ4v) is 4.78. The zero-order valence-corrected chi connectivity index (χ0v) is 17.1. The number of nitrogens with one attached hydrogen (secondary N) is 1. The van der Waals surface area contributed by atoms with Crippen molar-refractivity contribution in [1.82, 2.24) is 9.88 Å². The first kappa shape index (κ1) is 19.1. The lowest BCUT2D eigenvalue weighted by molar-refractivity contribution is -0.131. The summed E-state index contributed by atoms with van der Waals surface area (Å²) in [6.07, 6.45) is 5.66. The number of hydrogen-bond acceptors (Lipinski definition) is 1. The van der Waals surface area contributed by atoms with E-state index in [1.54, 1.807) is 0 Å². The van der Waals surface area contributed by atoms with Crippen LogP contribution in [0.4, 0.5) is 0 Å². The number of aryl methyl sites for hydroxylation is 2. The number of aromatic amines is 1. The van der Waals surface area contributed by atoms with E-state index in [0.717, 1.165) is 44.2 Å². The van der Waals surface area contributed by atoms with Gasteiger partial charge in [0.15, 0.2) is 0 Å². The average molecular weight is 395 g/mol. The minimum Gasteiger partial charge on any atom is -0.358 e. The van der Waals surface area contributed by atoms with Crippen LogP contribution in [0.25, 0.3) is 10.9 Å². The van der Waals surface area contributed by atoms with Crippen LogP contribution in [0.3, 0.4) is 0 Å². The maximum atomic E-state index is 12.9. The molecule has 1 saturated heterocycles. The van der Waals surface area contributed by atoms with Crippen molar-refractivity contribution in [1.29, 1.82) is 0 Å². The van der Waals surface area contributed by atoms with Crippen molar-refractivity contribution in [3.8, 4) is 0 Å². The highest BCUT2D eigenvalue weighted by Crippen LogP contribution is 2.27. The molecule has 0 aliphatic carbocycles. The van der Waals surface area contributed by atoms with Gasteiger partial charge in [-0.15, -0.1) is 0 Å². The molecule has 1 aliphatic rings. The highest BCUT2D eigenvalue weighted by Gasteiger charge is 2.28.